The summed E-state index contributed by atoms with van der Waals surface area (Å²) in [5.74, 6) is -0.340. The van der Waals surface area contributed by atoms with Crippen LogP contribution in [0.2, 0.25) is 0 Å². The number of carbonyl (C=O) groups is 3. The Hall–Kier alpha value is -3.55. The lowest BCUT2D eigenvalue weighted by Crippen LogP contribution is -2.48. The molecule has 244 valence electrons. The van der Waals surface area contributed by atoms with E-state index >= 15 is 0 Å². The van der Waals surface area contributed by atoms with Crippen molar-refractivity contribution in [2.24, 2.45) is 0 Å². The average molecular weight is 619 g/mol. The van der Waals surface area contributed by atoms with Gasteiger partial charge < -0.3 is 43.0 Å². The number of hydrogen-bond acceptors (Lipinski definition) is 10. The number of amides is 2. The van der Waals surface area contributed by atoms with Gasteiger partial charge in [-0.3, -0.25) is 4.79 Å². The molecule has 2 aliphatic heterocycles. The van der Waals surface area contributed by atoms with E-state index in [9.17, 15) is 14.4 Å². The number of rotatable bonds is 9. The molecular formula is C32H46N2O10. The van der Waals surface area contributed by atoms with Crippen LogP contribution in [0.4, 0.5) is 9.59 Å². The highest BCUT2D eigenvalue weighted by Gasteiger charge is 2.36. The summed E-state index contributed by atoms with van der Waals surface area (Å²) in [7, 11) is 7.80. The number of likely N-dealkylation sites (tertiary alicyclic amines) is 2. The predicted octanol–water partition coefficient (Wildman–Crippen LogP) is 4.61. The van der Waals surface area contributed by atoms with E-state index in [0.29, 0.717) is 58.5 Å². The minimum Gasteiger partial charge on any atom is -0.445 e. The van der Waals surface area contributed by atoms with E-state index in [1.165, 1.54) is 21.3 Å². The number of nitrogens with zero attached hydrogens (tertiary/aromatic N) is 2. The van der Waals surface area contributed by atoms with Gasteiger partial charge in [-0.15, -0.1) is 0 Å². The van der Waals surface area contributed by atoms with Gasteiger partial charge in [0.1, 0.15) is 19.0 Å². The molecule has 44 heavy (non-hydrogen) atoms. The van der Waals surface area contributed by atoms with E-state index < -0.39 is 12.3 Å². The third kappa shape index (κ3) is 13.0. The molecule has 4 rings (SSSR count). The van der Waals surface area contributed by atoms with Gasteiger partial charge >= 0.3 is 12.2 Å². The Kier molecular flexibility index (Phi) is 17.0. The molecule has 2 heterocycles. The number of Topliss-reactive ketones (excluding diaryl/α,β-unsaturated/α-hetero) is 1. The molecule has 0 unspecified atom stereocenters. The van der Waals surface area contributed by atoms with E-state index in [1.54, 1.807) is 24.0 Å². The van der Waals surface area contributed by atoms with Crippen LogP contribution >= 0.6 is 0 Å². The summed E-state index contributed by atoms with van der Waals surface area (Å²) in [6.07, 6.45) is 1.58. The summed E-state index contributed by atoms with van der Waals surface area (Å²) in [6, 6.07) is 19.2. The Morgan fingerprint density at radius 2 is 1.05 bits per heavy atom. The largest absolute Gasteiger partial charge is 0.445 e. The molecule has 12 heteroatoms. The molecule has 0 saturated carbocycles. The fraction of sp³-hybridized carbons (Fsp3) is 0.531. The Bertz CT molecular complexity index is 1070. The van der Waals surface area contributed by atoms with Crippen LogP contribution in [0.5, 0.6) is 0 Å². The standard InChI is InChI=1S/C15H21NO4.C13H15NO3.C4H10O3/c1-18-15(19-2)8-10-16(11-9-15)14(17)20-12-13-6-4-3-5-7-13;15-12-6-8-14(9-7-12)13(16)17-10-11-4-2-1-3-5-11;1-5-4(6-2)7-3/h3-7H,8-12H2,1-2H3;1-5H,6-10H2;4H,1-3H3. The molecule has 2 aliphatic rings. The SMILES string of the molecule is COC(OC)OC.COC1(OC)CCN(C(=O)OCc2ccccc2)CC1.O=C1CCN(C(=O)OCc2ccccc2)CC1. The minimum atomic E-state index is -0.559. The lowest BCUT2D eigenvalue weighted by Gasteiger charge is -2.39. The van der Waals surface area contributed by atoms with E-state index in [2.05, 4.69) is 14.2 Å². The Morgan fingerprint density at radius 1 is 0.659 bits per heavy atom. The van der Waals surface area contributed by atoms with Crippen molar-refractivity contribution in [3.8, 4) is 0 Å². The fourth-order valence-corrected chi connectivity index (χ4v) is 4.37. The topological polar surface area (TPSA) is 122 Å². The van der Waals surface area contributed by atoms with Crippen LogP contribution in [0, 0.1) is 0 Å². The number of ether oxygens (including phenoxy) is 7. The molecule has 2 aromatic rings. The number of benzene rings is 2. The zero-order valence-corrected chi connectivity index (χ0v) is 26.4. The average Bonchev–Trinajstić information content (AvgIpc) is 3.09. The smallest absolute Gasteiger partial charge is 0.410 e. The third-order valence-corrected chi connectivity index (χ3v) is 7.09. The van der Waals surface area contributed by atoms with Gasteiger partial charge in [0.15, 0.2) is 5.79 Å². The van der Waals surface area contributed by atoms with Gasteiger partial charge in [0.2, 0.25) is 0 Å². The summed E-state index contributed by atoms with van der Waals surface area (Å²) in [5, 5.41) is 0. The van der Waals surface area contributed by atoms with Crippen molar-refractivity contribution < 1.29 is 47.5 Å². The molecule has 0 aromatic heterocycles. The summed E-state index contributed by atoms with van der Waals surface area (Å²) in [5.41, 5.74) is 1.95. The van der Waals surface area contributed by atoms with Crippen LogP contribution in [-0.4, -0.2) is 102 Å². The van der Waals surface area contributed by atoms with Crippen LogP contribution in [0.1, 0.15) is 36.8 Å². The van der Waals surface area contributed by atoms with Crippen molar-refractivity contribution in [2.75, 3.05) is 61.7 Å². The maximum absolute atomic E-state index is 12.0. The zero-order chi connectivity index (χ0) is 32.2. The highest BCUT2D eigenvalue weighted by molar-refractivity contribution is 5.81. The number of piperidine rings is 2. The molecule has 0 radical (unpaired) electrons. The highest BCUT2D eigenvalue weighted by atomic mass is 16.8. The second kappa shape index (κ2) is 20.4. The maximum atomic E-state index is 12.0. The number of ketones is 1. The molecule has 0 atom stereocenters. The number of hydrogen-bond donors (Lipinski definition) is 0. The predicted molar refractivity (Wildman–Crippen MR) is 161 cm³/mol. The zero-order valence-electron chi connectivity index (χ0n) is 26.4. The van der Waals surface area contributed by atoms with Crippen LogP contribution in [0.25, 0.3) is 0 Å². The summed E-state index contributed by atoms with van der Waals surface area (Å²) in [4.78, 5) is 38.0. The second-order valence-electron chi connectivity index (χ2n) is 9.91. The molecule has 0 bridgehead atoms. The van der Waals surface area contributed by atoms with Crippen LogP contribution < -0.4 is 0 Å². The first kappa shape index (κ1) is 36.6. The van der Waals surface area contributed by atoms with E-state index in [0.717, 1.165) is 11.1 Å². The summed E-state index contributed by atoms with van der Waals surface area (Å²) >= 11 is 0. The van der Waals surface area contributed by atoms with Crippen molar-refractivity contribution in [2.45, 2.75) is 51.2 Å². The van der Waals surface area contributed by atoms with E-state index in [4.69, 9.17) is 18.9 Å². The van der Waals surface area contributed by atoms with Gasteiger partial charge in [-0.2, -0.15) is 0 Å². The first-order chi connectivity index (χ1) is 21.3. The first-order valence-electron chi connectivity index (χ1n) is 14.4. The van der Waals surface area contributed by atoms with Crippen molar-refractivity contribution >= 4 is 18.0 Å². The highest BCUT2D eigenvalue weighted by Crippen LogP contribution is 2.26. The van der Waals surface area contributed by atoms with Gasteiger partial charge in [-0.1, -0.05) is 60.7 Å². The molecule has 2 saturated heterocycles. The number of carbonyl (C=O) groups excluding carboxylic acids is 3. The summed E-state index contributed by atoms with van der Waals surface area (Å²) in [6.45, 7) is 2.18. The lowest BCUT2D eigenvalue weighted by atomic mass is 10.0. The van der Waals surface area contributed by atoms with Gasteiger partial charge in [0.05, 0.1) is 0 Å². The normalized spacial score (nSPS) is 15.8. The van der Waals surface area contributed by atoms with Gasteiger partial charge in [0.25, 0.3) is 6.48 Å². The van der Waals surface area contributed by atoms with Gasteiger partial charge in [-0.25, -0.2) is 9.59 Å². The van der Waals surface area contributed by atoms with Gasteiger partial charge in [-0.05, 0) is 11.1 Å². The number of methoxy groups -OCH3 is 5. The monoisotopic (exact) mass is 618 g/mol. The van der Waals surface area contributed by atoms with Crippen molar-refractivity contribution in [1.82, 2.24) is 9.80 Å². The van der Waals surface area contributed by atoms with Crippen molar-refractivity contribution in [1.29, 1.82) is 0 Å². The van der Waals surface area contributed by atoms with E-state index in [1.807, 2.05) is 60.7 Å². The Balaban J connectivity index is 0.000000256. The molecule has 2 aromatic carbocycles. The Morgan fingerprint density at radius 3 is 1.39 bits per heavy atom. The van der Waals surface area contributed by atoms with Crippen LogP contribution in [-0.2, 0) is 51.2 Å². The van der Waals surface area contributed by atoms with Crippen LogP contribution in [0.3, 0.4) is 0 Å². The van der Waals surface area contributed by atoms with Gasteiger partial charge in [0, 0.05) is 87.4 Å². The molecule has 12 nitrogen and oxygen atoms in total. The first-order valence-corrected chi connectivity index (χ1v) is 14.4. The third-order valence-electron chi connectivity index (χ3n) is 7.09. The summed E-state index contributed by atoms with van der Waals surface area (Å²) < 4.78 is 35.1. The molecule has 0 aliphatic carbocycles. The van der Waals surface area contributed by atoms with E-state index in [-0.39, 0.29) is 24.6 Å². The molecule has 0 spiro atoms. The van der Waals surface area contributed by atoms with Crippen molar-refractivity contribution in [3.05, 3.63) is 71.8 Å². The Labute approximate surface area is 260 Å². The van der Waals surface area contributed by atoms with Crippen LogP contribution in [0.15, 0.2) is 60.7 Å². The second-order valence-corrected chi connectivity index (χ2v) is 9.91. The molecule has 0 N–H and O–H groups in total. The van der Waals surface area contributed by atoms with Crippen molar-refractivity contribution in [3.63, 3.8) is 0 Å². The maximum Gasteiger partial charge on any atom is 0.410 e. The fourth-order valence-electron chi connectivity index (χ4n) is 4.37. The molecule has 2 fully saturated rings. The minimum absolute atomic E-state index is 0.220. The lowest BCUT2D eigenvalue weighted by molar-refractivity contribution is -0.252. The molecular weight excluding hydrogens is 572 g/mol. The molecule has 2 amide bonds. The quantitative estimate of drug-likeness (QED) is 0.369.